The van der Waals surface area contributed by atoms with E-state index in [4.69, 9.17) is 0 Å². The molecule has 1 N–H and O–H groups in total. The van der Waals surface area contributed by atoms with Gasteiger partial charge in [-0.3, -0.25) is 4.98 Å². The standard InChI is InChI=1S/C9H13N5S/c1-2-14-6-12-13-9(14)5-10-3-8-4-11-7-15-8/h4,6-7,10H,2-3,5H2,1H3. The van der Waals surface area contributed by atoms with Gasteiger partial charge in [0.05, 0.1) is 12.1 Å². The second kappa shape index (κ2) is 4.99. The molecule has 2 aromatic heterocycles. The van der Waals surface area contributed by atoms with Gasteiger partial charge in [-0.05, 0) is 6.92 Å². The maximum Gasteiger partial charge on any atom is 0.146 e. The van der Waals surface area contributed by atoms with Gasteiger partial charge in [-0.15, -0.1) is 21.5 Å². The number of rotatable bonds is 5. The largest absolute Gasteiger partial charge is 0.317 e. The zero-order valence-corrected chi connectivity index (χ0v) is 9.37. The highest BCUT2D eigenvalue weighted by Crippen LogP contribution is 2.04. The first-order valence-corrected chi connectivity index (χ1v) is 5.73. The fourth-order valence-corrected chi connectivity index (χ4v) is 1.87. The molecule has 0 bridgehead atoms. The van der Waals surface area contributed by atoms with Gasteiger partial charge in [0, 0.05) is 24.2 Å². The Bertz CT molecular complexity index is 394. The Kier molecular flexibility index (Phi) is 3.41. The minimum atomic E-state index is 0.742. The van der Waals surface area contributed by atoms with Crippen LogP contribution in [0.1, 0.15) is 17.6 Å². The summed E-state index contributed by atoms with van der Waals surface area (Å²) in [6, 6.07) is 0. The van der Waals surface area contributed by atoms with E-state index < -0.39 is 0 Å². The SMILES string of the molecule is CCn1cnnc1CNCc1cncs1. The summed E-state index contributed by atoms with van der Waals surface area (Å²) in [5.74, 6) is 0.974. The molecule has 5 nitrogen and oxygen atoms in total. The van der Waals surface area contributed by atoms with Gasteiger partial charge in [-0.1, -0.05) is 0 Å². The maximum absolute atomic E-state index is 4.04. The summed E-state index contributed by atoms with van der Waals surface area (Å²) in [5.41, 5.74) is 1.84. The predicted octanol–water partition coefficient (Wildman–Crippen LogP) is 1.04. The average molecular weight is 223 g/mol. The quantitative estimate of drug-likeness (QED) is 0.823. The smallest absolute Gasteiger partial charge is 0.146 e. The van der Waals surface area contributed by atoms with Crippen molar-refractivity contribution < 1.29 is 0 Å². The number of hydrogen-bond acceptors (Lipinski definition) is 5. The van der Waals surface area contributed by atoms with E-state index in [9.17, 15) is 0 Å². The van der Waals surface area contributed by atoms with E-state index in [0.717, 1.165) is 25.5 Å². The third kappa shape index (κ3) is 2.60. The predicted molar refractivity (Wildman–Crippen MR) is 58.4 cm³/mol. The van der Waals surface area contributed by atoms with Crippen molar-refractivity contribution in [1.82, 2.24) is 25.1 Å². The molecule has 0 atom stereocenters. The van der Waals surface area contributed by atoms with E-state index in [0.29, 0.717) is 0 Å². The first kappa shape index (κ1) is 10.3. The van der Waals surface area contributed by atoms with Gasteiger partial charge in [-0.2, -0.15) is 0 Å². The molecule has 2 heterocycles. The summed E-state index contributed by atoms with van der Waals surface area (Å²) in [6.07, 6.45) is 3.63. The summed E-state index contributed by atoms with van der Waals surface area (Å²) in [6.45, 7) is 4.56. The van der Waals surface area contributed by atoms with Crippen LogP contribution >= 0.6 is 11.3 Å². The fourth-order valence-electron chi connectivity index (χ4n) is 1.31. The second-order valence-electron chi connectivity index (χ2n) is 3.10. The molecular formula is C9H13N5S. The van der Waals surface area contributed by atoms with Crippen molar-refractivity contribution in [2.45, 2.75) is 26.6 Å². The maximum atomic E-state index is 4.04. The summed E-state index contributed by atoms with van der Waals surface area (Å²) in [7, 11) is 0. The van der Waals surface area contributed by atoms with E-state index in [-0.39, 0.29) is 0 Å². The molecule has 0 aliphatic carbocycles. The molecular weight excluding hydrogens is 210 g/mol. The Morgan fingerprint density at radius 3 is 3.13 bits per heavy atom. The number of aromatic nitrogens is 4. The molecule has 0 saturated carbocycles. The van der Waals surface area contributed by atoms with Crippen LogP contribution in [0.5, 0.6) is 0 Å². The van der Waals surface area contributed by atoms with Crippen molar-refractivity contribution in [2.75, 3.05) is 0 Å². The molecule has 0 aromatic carbocycles. The Balaban J connectivity index is 1.83. The molecule has 0 amide bonds. The minimum Gasteiger partial charge on any atom is -0.317 e. The van der Waals surface area contributed by atoms with Crippen LogP contribution in [0.3, 0.4) is 0 Å². The number of hydrogen-bond donors (Lipinski definition) is 1. The molecule has 0 spiro atoms. The summed E-state index contributed by atoms with van der Waals surface area (Å²) < 4.78 is 2.03. The van der Waals surface area contributed by atoms with Crippen LogP contribution in [0, 0.1) is 0 Å². The molecule has 0 fully saturated rings. The van der Waals surface area contributed by atoms with Crippen molar-refractivity contribution in [3.63, 3.8) is 0 Å². The number of nitrogens with zero attached hydrogens (tertiary/aromatic N) is 4. The van der Waals surface area contributed by atoms with Crippen LogP contribution in [0.2, 0.25) is 0 Å². The highest BCUT2D eigenvalue weighted by molar-refractivity contribution is 7.09. The number of thiazole rings is 1. The molecule has 0 aliphatic rings. The van der Waals surface area contributed by atoms with Crippen LogP contribution < -0.4 is 5.32 Å². The van der Waals surface area contributed by atoms with Crippen LogP contribution in [0.25, 0.3) is 0 Å². The first-order chi connectivity index (χ1) is 7.40. The lowest BCUT2D eigenvalue weighted by Gasteiger charge is -2.03. The van der Waals surface area contributed by atoms with Gasteiger partial charge >= 0.3 is 0 Å². The second-order valence-corrected chi connectivity index (χ2v) is 4.08. The molecule has 0 saturated heterocycles. The van der Waals surface area contributed by atoms with E-state index in [2.05, 4.69) is 27.4 Å². The van der Waals surface area contributed by atoms with Crippen molar-refractivity contribution in [2.24, 2.45) is 0 Å². The van der Waals surface area contributed by atoms with Crippen LogP contribution in [0.15, 0.2) is 18.0 Å². The zero-order valence-electron chi connectivity index (χ0n) is 8.55. The highest BCUT2D eigenvalue weighted by Gasteiger charge is 2.01. The first-order valence-electron chi connectivity index (χ1n) is 4.85. The zero-order chi connectivity index (χ0) is 10.5. The molecule has 2 rings (SSSR count). The number of aryl methyl sites for hydroxylation is 1. The Labute approximate surface area is 92.2 Å². The van der Waals surface area contributed by atoms with Gasteiger partial charge in [0.15, 0.2) is 0 Å². The molecule has 15 heavy (non-hydrogen) atoms. The Morgan fingerprint density at radius 1 is 1.47 bits per heavy atom. The molecule has 0 aliphatic heterocycles. The third-order valence-corrected chi connectivity index (χ3v) is 2.88. The number of nitrogens with one attached hydrogen (secondary N) is 1. The molecule has 2 aromatic rings. The van der Waals surface area contributed by atoms with E-state index in [1.165, 1.54) is 4.88 Å². The third-order valence-electron chi connectivity index (χ3n) is 2.10. The topological polar surface area (TPSA) is 55.6 Å². The monoisotopic (exact) mass is 223 g/mol. The lowest BCUT2D eigenvalue weighted by molar-refractivity contribution is 0.615. The van der Waals surface area contributed by atoms with Crippen LogP contribution in [-0.4, -0.2) is 19.7 Å². The van der Waals surface area contributed by atoms with Crippen molar-refractivity contribution >= 4 is 11.3 Å². The fraction of sp³-hybridized carbons (Fsp3) is 0.444. The minimum absolute atomic E-state index is 0.742. The molecule has 6 heteroatoms. The highest BCUT2D eigenvalue weighted by atomic mass is 32.1. The van der Waals surface area contributed by atoms with Crippen LogP contribution in [0.4, 0.5) is 0 Å². The van der Waals surface area contributed by atoms with E-state index in [1.807, 2.05) is 16.3 Å². The summed E-state index contributed by atoms with van der Waals surface area (Å²) in [4.78, 5) is 5.25. The Hall–Kier alpha value is -1.27. The molecule has 80 valence electrons. The lowest BCUT2D eigenvalue weighted by Crippen LogP contribution is -2.15. The van der Waals surface area contributed by atoms with Gasteiger partial charge < -0.3 is 9.88 Å². The molecule has 0 unspecified atom stereocenters. The van der Waals surface area contributed by atoms with Crippen molar-refractivity contribution in [3.05, 3.63) is 28.7 Å². The lowest BCUT2D eigenvalue weighted by atomic mass is 10.5. The Morgan fingerprint density at radius 2 is 2.40 bits per heavy atom. The van der Waals surface area contributed by atoms with Gasteiger partial charge in [0.2, 0.25) is 0 Å². The van der Waals surface area contributed by atoms with Crippen molar-refractivity contribution in [1.29, 1.82) is 0 Å². The summed E-state index contributed by atoms with van der Waals surface area (Å²) >= 11 is 1.65. The van der Waals surface area contributed by atoms with Crippen LogP contribution in [-0.2, 0) is 19.6 Å². The van der Waals surface area contributed by atoms with Crippen molar-refractivity contribution in [3.8, 4) is 0 Å². The van der Waals surface area contributed by atoms with Gasteiger partial charge in [-0.25, -0.2) is 0 Å². The van der Waals surface area contributed by atoms with E-state index in [1.54, 1.807) is 17.7 Å². The summed E-state index contributed by atoms with van der Waals surface area (Å²) in [5, 5.41) is 11.2. The van der Waals surface area contributed by atoms with Gasteiger partial charge in [0.1, 0.15) is 12.2 Å². The normalized spacial score (nSPS) is 10.7. The van der Waals surface area contributed by atoms with Gasteiger partial charge in [0.25, 0.3) is 0 Å². The average Bonchev–Trinajstić information content (AvgIpc) is 2.88. The van der Waals surface area contributed by atoms with E-state index >= 15 is 0 Å². The molecule has 0 radical (unpaired) electrons.